The van der Waals surface area contributed by atoms with E-state index in [4.69, 9.17) is 5.73 Å². The first-order valence-electron chi connectivity index (χ1n) is 4.67. The van der Waals surface area contributed by atoms with Crippen LogP contribution in [0.5, 0.6) is 0 Å². The Hall–Kier alpha value is -1.17. The molecule has 0 unspecified atom stereocenters. The molecule has 3 N–H and O–H groups in total. The number of hydrogen-bond acceptors (Lipinski definition) is 4. The number of halogens is 1. The highest BCUT2D eigenvalue weighted by molar-refractivity contribution is 9.10. The first kappa shape index (κ1) is 11.9. The Morgan fingerprint density at radius 1 is 1.60 bits per heavy atom. The fraction of sp³-hybridized carbons (Fsp3) is 0.444. The van der Waals surface area contributed by atoms with Gasteiger partial charge in [0.15, 0.2) is 0 Å². The van der Waals surface area contributed by atoms with E-state index in [0.29, 0.717) is 10.4 Å². The standard InChI is InChI=1S/C9H13BrN4O/c1-2-3-8-13-6(10)4-9(14-8)12-5-7(11)15/h4H,2-3,5H2,1H3,(H2,11,15)(H,12,13,14). The third-order valence-electron chi connectivity index (χ3n) is 1.66. The van der Waals surface area contributed by atoms with E-state index >= 15 is 0 Å². The van der Waals surface area contributed by atoms with Crippen LogP contribution in [0, 0.1) is 0 Å². The van der Waals surface area contributed by atoms with Crippen molar-refractivity contribution >= 4 is 27.7 Å². The highest BCUT2D eigenvalue weighted by atomic mass is 79.9. The number of carbonyl (C=O) groups excluding carboxylic acids is 1. The number of rotatable bonds is 5. The van der Waals surface area contributed by atoms with Crippen LogP contribution in [0.1, 0.15) is 19.2 Å². The fourth-order valence-electron chi connectivity index (χ4n) is 1.07. The SMILES string of the molecule is CCCc1nc(Br)cc(NCC(N)=O)n1. The number of anilines is 1. The van der Waals surface area contributed by atoms with Crippen molar-refractivity contribution in [2.24, 2.45) is 5.73 Å². The number of carbonyl (C=O) groups is 1. The first-order chi connectivity index (χ1) is 7.11. The van der Waals surface area contributed by atoms with Gasteiger partial charge >= 0.3 is 0 Å². The largest absolute Gasteiger partial charge is 0.368 e. The van der Waals surface area contributed by atoms with E-state index in [1.807, 2.05) is 0 Å². The Kier molecular flexibility index (Phi) is 4.48. The summed E-state index contributed by atoms with van der Waals surface area (Å²) in [5.74, 6) is 0.944. The number of nitrogens with one attached hydrogen (secondary N) is 1. The lowest BCUT2D eigenvalue weighted by Gasteiger charge is -2.05. The average molecular weight is 273 g/mol. The van der Waals surface area contributed by atoms with Crippen molar-refractivity contribution in [3.8, 4) is 0 Å². The molecule has 0 aromatic carbocycles. The summed E-state index contributed by atoms with van der Waals surface area (Å²) in [7, 11) is 0. The Morgan fingerprint density at radius 3 is 2.93 bits per heavy atom. The number of nitrogens with two attached hydrogens (primary N) is 1. The molecule has 0 saturated carbocycles. The molecule has 0 aliphatic rings. The normalized spacial score (nSPS) is 10.0. The van der Waals surface area contributed by atoms with Crippen molar-refractivity contribution in [1.82, 2.24) is 9.97 Å². The predicted molar refractivity (Wildman–Crippen MR) is 61.4 cm³/mol. The highest BCUT2D eigenvalue weighted by Gasteiger charge is 2.02. The molecule has 0 aliphatic carbocycles. The van der Waals surface area contributed by atoms with Gasteiger partial charge in [0.1, 0.15) is 16.2 Å². The van der Waals surface area contributed by atoms with Crippen molar-refractivity contribution in [2.75, 3.05) is 11.9 Å². The summed E-state index contributed by atoms with van der Waals surface area (Å²) in [5, 5.41) is 2.83. The summed E-state index contributed by atoms with van der Waals surface area (Å²) in [6.07, 6.45) is 1.79. The molecule has 0 spiro atoms. The van der Waals surface area contributed by atoms with Gasteiger partial charge in [-0.05, 0) is 22.4 Å². The van der Waals surface area contributed by atoms with E-state index in [9.17, 15) is 4.79 Å². The lowest BCUT2D eigenvalue weighted by Crippen LogP contribution is -2.22. The second kappa shape index (κ2) is 5.65. The lowest BCUT2D eigenvalue weighted by atomic mass is 10.3. The predicted octanol–water partition coefficient (Wildman–Crippen LogP) is 1.09. The highest BCUT2D eigenvalue weighted by Crippen LogP contribution is 2.12. The van der Waals surface area contributed by atoms with E-state index in [1.54, 1.807) is 6.07 Å². The van der Waals surface area contributed by atoms with Crippen LogP contribution in [0.25, 0.3) is 0 Å². The van der Waals surface area contributed by atoms with Crippen LogP contribution in [-0.4, -0.2) is 22.4 Å². The number of aromatic nitrogens is 2. The van der Waals surface area contributed by atoms with Crippen LogP contribution >= 0.6 is 15.9 Å². The van der Waals surface area contributed by atoms with Crippen LogP contribution in [0.4, 0.5) is 5.82 Å². The molecule has 5 nitrogen and oxygen atoms in total. The Morgan fingerprint density at radius 2 is 2.33 bits per heavy atom. The van der Waals surface area contributed by atoms with Crippen molar-refractivity contribution in [3.63, 3.8) is 0 Å². The molecule has 82 valence electrons. The number of aryl methyl sites for hydroxylation is 1. The third kappa shape index (κ3) is 4.24. The maximum Gasteiger partial charge on any atom is 0.236 e. The molecule has 0 fully saturated rings. The second-order valence-corrected chi connectivity index (χ2v) is 3.87. The molecule has 1 aromatic rings. The average Bonchev–Trinajstić information content (AvgIpc) is 2.14. The van der Waals surface area contributed by atoms with Gasteiger partial charge in [-0.1, -0.05) is 6.92 Å². The summed E-state index contributed by atoms with van der Waals surface area (Å²) in [6, 6.07) is 1.71. The summed E-state index contributed by atoms with van der Waals surface area (Å²) >= 11 is 3.28. The summed E-state index contributed by atoms with van der Waals surface area (Å²) in [5.41, 5.74) is 5.02. The van der Waals surface area contributed by atoms with E-state index in [0.717, 1.165) is 18.7 Å². The maximum absolute atomic E-state index is 10.6. The van der Waals surface area contributed by atoms with Gasteiger partial charge in [-0.3, -0.25) is 4.79 Å². The Bertz CT molecular complexity index is 356. The minimum Gasteiger partial charge on any atom is -0.368 e. The molecule has 0 atom stereocenters. The van der Waals surface area contributed by atoms with Crippen molar-refractivity contribution < 1.29 is 4.79 Å². The fourth-order valence-corrected chi connectivity index (χ4v) is 1.49. The van der Waals surface area contributed by atoms with Crippen molar-refractivity contribution in [3.05, 3.63) is 16.5 Å². The quantitative estimate of drug-likeness (QED) is 0.787. The van der Waals surface area contributed by atoms with Gasteiger partial charge in [-0.2, -0.15) is 0 Å². The molecule has 0 aliphatic heterocycles. The van der Waals surface area contributed by atoms with Crippen LogP contribution in [-0.2, 0) is 11.2 Å². The Balaban J connectivity index is 2.74. The van der Waals surface area contributed by atoms with Crippen LogP contribution in [0.2, 0.25) is 0 Å². The summed E-state index contributed by atoms with van der Waals surface area (Å²) in [4.78, 5) is 19.0. The van der Waals surface area contributed by atoms with Gasteiger partial charge in [0.25, 0.3) is 0 Å². The molecule has 0 bridgehead atoms. The second-order valence-electron chi connectivity index (χ2n) is 3.06. The van der Waals surface area contributed by atoms with Gasteiger partial charge in [0, 0.05) is 12.5 Å². The van der Waals surface area contributed by atoms with Gasteiger partial charge in [-0.25, -0.2) is 9.97 Å². The first-order valence-corrected chi connectivity index (χ1v) is 5.46. The third-order valence-corrected chi connectivity index (χ3v) is 2.06. The summed E-state index contributed by atoms with van der Waals surface area (Å²) in [6.45, 7) is 2.13. The van der Waals surface area contributed by atoms with Gasteiger partial charge in [0.2, 0.25) is 5.91 Å². The lowest BCUT2D eigenvalue weighted by molar-refractivity contribution is -0.116. The molecular formula is C9H13BrN4O. The van der Waals surface area contributed by atoms with Gasteiger partial charge in [-0.15, -0.1) is 0 Å². The molecule has 1 aromatic heterocycles. The number of hydrogen-bond donors (Lipinski definition) is 2. The number of primary amides is 1. The van der Waals surface area contributed by atoms with Gasteiger partial charge in [0.05, 0.1) is 6.54 Å². The zero-order valence-corrected chi connectivity index (χ0v) is 10.0. The van der Waals surface area contributed by atoms with E-state index in [-0.39, 0.29) is 6.54 Å². The number of nitrogens with zero attached hydrogens (tertiary/aromatic N) is 2. The van der Waals surface area contributed by atoms with Crippen molar-refractivity contribution in [1.29, 1.82) is 0 Å². The minimum absolute atomic E-state index is 0.0784. The zero-order valence-electron chi connectivity index (χ0n) is 8.46. The molecule has 0 radical (unpaired) electrons. The van der Waals surface area contributed by atoms with Crippen LogP contribution in [0.15, 0.2) is 10.7 Å². The van der Waals surface area contributed by atoms with E-state index < -0.39 is 5.91 Å². The van der Waals surface area contributed by atoms with E-state index in [2.05, 4.69) is 38.1 Å². The summed E-state index contributed by atoms with van der Waals surface area (Å²) < 4.78 is 0.702. The molecule has 1 amide bonds. The molecular weight excluding hydrogens is 260 g/mol. The minimum atomic E-state index is -0.415. The zero-order chi connectivity index (χ0) is 11.3. The van der Waals surface area contributed by atoms with E-state index in [1.165, 1.54) is 0 Å². The molecule has 1 rings (SSSR count). The van der Waals surface area contributed by atoms with Crippen LogP contribution in [0.3, 0.4) is 0 Å². The molecule has 0 saturated heterocycles. The van der Waals surface area contributed by atoms with Crippen LogP contribution < -0.4 is 11.1 Å². The molecule has 6 heteroatoms. The molecule has 15 heavy (non-hydrogen) atoms. The van der Waals surface area contributed by atoms with Gasteiger partial charge < -0.3 is 11.1 Å². The molecule has 1 heterocycles. The number of amides is 1. The Labute approximate surface area is 96.6 Å². The topological polar surface area (TPSA) is 80.9 Å². The van der Waals surface area contributed by atoms with Crippen molar-refractivity contribution in [2.45, 2.75) is 19.8 Å². The maximum atomic E-state index is 10.6. The monoisotopic (exact) mass is 272 g/mol. The smallest absolute Gasteiger partial charge is 0.236 e.